The van der Waals surface area contributed by atoms with E-state index in [0.29, 0.717) is 5.75 Å². The first-order chi connectivity index (χ1) is 15.4. The predicted molar refractivity (Wildman–Crippen MR) is 110 cm³/mol. The highest BCUT2D eigenvalue weighted by atomic mass is 16.6. The smallest absolute Gasteiger partial charge is 0.338 e. The van der Waals surface area contributed by atoms with Crippen molar-refractivity contribution in [2.24, 2.45) is 0 Å². The molecule has 3 aromatic carbocycles. The lowest BCUT2D eigenvalue weighted by molar-refractivity contribution is -0.384. The number of ether oxygens (including phenoxy) is 2. The lowest BCUT2D eigenvalue weighted by Gasteiger charge is -2.09. The Bertz CT molecular complexity index is 1290. The maximum Gasteiger partial charge on any atom is 0.338 e. The minimum atomic E-state index is -0.761. The number of nitro benzene ring substituents is 1. The minimum absolute atomic E-state index is 0.133. The van der Waals surface area contributed by atoms with Crippen molar-refractivity contribution in [1.29, 1.82) is 10.5 Å². The third-order valence-electron chi connectivity index (χ3n) is 4.27. The molecule has 9 nitrogen and oxygen atoms in total. The van der Waals surface area contributed by atoms with Crippen molar-refractivity contribution in [3.05, 3.63) is 99.1 Å². The molecular weight excluding hydrogens is 414 g/mol. The molecule has 0 heterocycles. The van der Waals surface area contributed by atoms with Gasteiger partial charge in [-0.1, -0.05) is 6.07 Å². The van der Waals surface area contributed by atoms with E-state index in [1.807, 2.05) is 12.1 Å². The fourth-order valence-electron chi connectivity index (χ4n) is 2.67. The van der Waals surface area contributed by atoms with Crippen LogP contribution in [0.4, 0.5) is 5.69 Å². The van der Waals surface area contributed by atoms with Crippen LogP contribution in [0.3, 0.4) is 0 Å². The summed E-state index contributed by atoms with van der Waals surface area (Å²) in [6, 6.07) is 19.2. The number of benzene rings is 3. The zero-order chi connectivity index (χ0) is 23.1. The molecule has 0 aliphatic carbocycles. The van der Waals surface area contributed by atoms with Gasteiger partial charge < -0.3 is 9.47 Å². The number of esters is 1. The SMILES string of the molecule is N#Cc1ccc(Oc2cccc(C(=O)OCC(=O)c3ccc([N+](=O)[O-])cc3)c2)cc1C#N. The molecule has 0 aliphatic rings. The van der Waals surface area contributed by atoms with Gasteiger partial charge in [0.1, 0.15) is 23.6 Å². The molecule has 9 heteroatoms. The molecule has 32 heavy (non-hydrogen) atoms. The van der Waals surface area contributed by atoms with E-state index < -0.39 is 23.3 Å². The Labute approximate surface area is 181 Å². The van der Waals surface area contributed by atoms with Gasteiger partial charge in [0.05, 0.1) is 21.6 Å². The Morgan fingerprint density at radius 1 is 0.875 bits per heavy atom. The van der Waals surface area contributed by atoms with Crippen LogP contribution in [0.15, 0.2) is 66.7 Å². The normalized spacial score (nSPS) is 9.81. The van der Waals surface area contributed by atoms with Gasteiger partial charge in [0.25, 0.3) is 5.69 Å². The average Bonchev–Trinajstić information content (AvgIpc) is 2.82. The van der Waals surface area contributed by atoms with Crippen molar-refractivity contribution >= 4 is 17.4 Å². The summed E-state index contributed by atoms with van der Waals surface area (Å²) in [6.45, 7) is -0.539. The van der Waals surface area contributed by atoms with Crippen molar-refractivity contribution in [1.82, 2.24) is 0 Å². The molecule has 156 valence electrons. The van der Waals surface area contributed by atoms with Crippen molar-refractivity contribution < 1.29 is 24.0 Å². The number of hydrogen-bond acceptors (Lipinski definition) is 8. The fraction of sp³-hybridized carbons (Fsp3) is 0.0435. The van der Waals surface area contributed by atoms with Crippen LogP contribution in [0.1, 0.15) is 31.8 Å². The van der Waals surface area contributed by atoms with E-state index in [0.717, 1.165) is 0 Å². The molecule has 3 rings (SSSR count). The number of carbonyl (C=O) groups excluding carboxylic acids is 2. The third-order valence-corrected chi connectivity index (χ3v) is 4.27. The summed E-state index contributed by atoms with van der Waals surface area (Å²) in [5.74, 6) is -0.681. The number of carbonyl (C=O) groups is 2. The highest BCUT2D eigenvalue weighted by Crippen LogP contribution is 2.25. The zero-order valence-corrected chi connectivity index (χ0v) is 16.3. The minimum Gasteiger partial charge on any atom is -0.457 e. The van der Waals surface area contributed by atoms with Crippen LogP contribution in [-0.2, 0) is 4.74 Å². The van der Waals surface area contributed by atoms with Crippen LogP contribution in [0.2, 0.25) is 0 Å². The molecule has 0 bridgehead atoms. The first-order valence-electron chi connectivity index (χ1n) is 9.08. The summed E-state index contributed by atoms with van der Waals surface area (Å²) >= 11 is 0. The number of rotatable bonds is 7. The Kier molecular flexibility index (Phi) is 6.54. The van der Waals surface area contributed by atoms with E-state index in [9.17, 15) is 19.7 Å². The van der Waals surface area contributed by atoms with Crippen LogP contribution in [0.5, 0.6) is 11.5 Å². The quantitative estimate of drug-likeness (QED) is 0.236. The van der Waals surface area contributed by atoms with E-state index in [2.05, 4.69) is 0 Å². The lowest BCUT2D eigenvalue weighted by atomic mass is 10.1. The molecule has 3 aromatic rings. The van der Waals surface area contributed by atoms with Gasteiger partial charge in [-0.25, -0.2) is 4.79 Å². The monoisotopic (exact) mass is 427 g/mol. The summed E-state index contributed by atoms with van der Waals surface area (Å²) in [5, 5.41) is 28.8. The Hall–Kier alpha value is -5.02. The largest absolute Gasteiger partial charge is 0.457 e. The van der Waals surface area contributed by atoms with Gasteiger partial charge in [-0.05, 0) is 48.5 Å². The zero-order valence-electron chi connectivity index (χ0n) is 16.3. The van der Waals surface area contributed by atoms with Crippen molar-refractivity contribution in [3.63, 3.8) is 0 Å². The van der Waals surface area contributed by atoms with Crippen molar-refractivity contribution in [3.8, 4) is 23.6 Å². The molecule has 0 radical (unpaired) electrons. The number of non-ortho nitro benzene ring substituents is 1. The number of ketones is 1. The number of hydrogen-bond donors (Lipinski definition) is 0. The van der Waals surface area contributed by atoms with Crippen LogP contribution in [0.25, 0.3) is 0 Å². The standard InChI is InChI=1S/C23H13N3O6/c24-12-17-6-9-21(11-18(17)13-25)32-20-3-1-2-16(10-20)23(28)31-14-22(27)15-4-7-19(8-5-15)26(29)30/h1-11H,14H2. The van der Waals surface area contributed by atoms with Gasteiger partial charge in [-0.3, -0.25) is 14.9 Å². The molecule has 0 unspecified atom stereocenters. The number of nitro groups is 1. The second-order valence-electron chi connectivity index (χ2n) is 6.36. The fourth-order valence-corrected chi connectivity index (χ4v) is 2.67. The van der Waals surface area contributed by atoms with Crippen LogP contribution >= 0.6 is 0 Å². The van der Waals surface area contributed by atoms with Crippen LogP contribution in [0, 0.1) is 32.8 Å². The summed E-state index contributed by atoms with van der Waals surface area (Å²) in [5.41, 5.74) is 0.530. The second kappa shape index (κ2) is 9.65. The molecule has 0 aromatic heterocycles. The number of nitrogens with zero attached hydrogens (tertiary/aromatic N) is 3. The highest BCUT2D eigenvalue weighted by Gasteiger charge is 2.14. The summed E-state index contributed by atoms with van der Waals surface area (Å²) in [6.07, 6.45) is 0. The second-order valence-corrected chi connectivity index (χ2v) is 6.36. The molecule has 0 spiro atoms. The first-order valence-corrected chi connectivity index (χ1v) is 9.08. The Morgan fingerprint density at radius 3 is 2.22 bits per heavy atom. The maximum absolute atomic E-state index is 12.3. The van der Waals surface area contributed by atoms with Gasteiger partial charge in [0.2, 0.25) is 0 Å². The molecule has 0 aliphatic heterocycles. The summed E-state index contributed by atoms with van der Waals surface area (Å²) in [4.78, 5) is 34.6. The lowest BCUT2D eigenvalue weighted by Crippen LogP contribution is -2.14. The first kappa shape index (κ1) is 21.7. The molecule has 0 atom stereocenters. The summed E-state index contributed by atoms with van der Waals surface area (Å²) in [7, 11) is 0. The van der Waals surface area contributed by atoms with Crippen molar-refractivity contribution in [2.45, 2.75) is 0 Å². The predicted octanol–water partition coefficient (Wildman–Crippen LogP) is 4.17. The average molecular weight is 427 g/mol. The summed E-state index contributed by atoms with van der Waals surface area (Å²) < 4.78 is 10.7. The van der Waals surface area contributed by atoms with Gasteiger partial charge in [-0.2, -0.15) is 10.5 Å². The molecular formula is C23H13N3O6. The molecule has 0 fully saturated rings. The van der Waals surface area contributed by atoms with E-state index in [4.69, 9.17) is 20.0 Å². The van der Waals surface area contributed by atoms with E-state index in [1.165, 1.54) is 54.6 Å². The topological polar surface area (TPSA) is 143 Å². The van der Waals surface area contributed by atoms with E-state index >= 15 is 0 Å². The van der Waals surface area contributed by atoms with Gasteiger partial charge >= 0.3 is 5.97 Å². The van der Waals surface area contributed by atoms with E-state index in [-0.39, 0.29) is 33.7 Å². The maximum atomic E-state index is 12.3. The number of Topliss-reactive ketones (excluding diaryl/α,β-unsaturated/α-hetero) is 1. The molecule has 0 N–H and O–H groups in total. The molecule has 0 saturated carbocycles. The molecule has 0 amide bonds. The van der Waals surface area contributed by atoms with Crippen LogP contribution in [-0.4, -0.2) is 23.3 Å². The van der Waals surface area contributed by atoms with Gasteiger partial charge in [0.15, 0.2) is 12.4 Å². The molecule has 0 saturated heterocycles. The third kappa shape index (κ3) is 5.12. The van der Waals surface area contributed by atoms with Crippen LogP contribution < -0.4 is 4.74 Å². The van der Waals surface area contributed by atoms with E-state index in [1.54, 1.807) is 12.1 Å². The highest BCUT2D eigenvalue weighted by molar-refractivity contribution is 5.99. The Morgan fingerprint density at radius 2 is 1.56 bits per heavy atom. The van der Waals surface area contributed by atoms with Gasteiger partial charge in [-0.15, -0.1) is 0 Å². The van der Waals surface area contributed by atoms with Gasteiger partial charge in [0, 0.05) is 17.7 Å². The number of nitriles is 2. The Balaban J connectivity index is 1.65. The van der Waals surface area contributed by atoms with Crippen molar-refractivity contribution in [2.75, 3.05) is 6.61 Å².